The lowest BCUT2D eigenvalue weighted by Gasteiger charge is -2.33. The molecule has 4 rings (SSSR count). The number of benzene rings is 2. The average molecular weight is 436 g/mol. The lowest BCUT2D eigenvalue weighted by molar-refractivity contribution is -0.139. The summed E-state index contributed by atoms with van der Waals surface area (Å²) in [6, 6.07) is 17.0. The van der Waals surface area contributed by atoms with Crippen LogP contribution in [0.1, 0.15) is 43.0 Å². The highest BCUT2D eigenvalue weighted by molar-refractivity contribution is 5.95. The number of methoxy groups -OCH3 is 1. The smallest absolute Gasteiger partial charge is 0.338 e. The predicted octanol–water partition coefficient (Wildman–Crippen LogP) is 3.70. The number of carbonyl (C=O) groups is 2. The second-order valence-electron chi connectivity index (χ2n) is 7.96. The maximum atomic E-state index is 13.0. The highest BCUT2D eigenvalue weighted by atomic mass is 16.5. The first-order chi connectivity index (χ1) is 15.6. The third-order valence-corrected chi connectivity index (χ3v) is 6.01. The van der Waals surface area contributed by atoms with Gasteiger partial charge in [-0.05, 0) is 49.6 Å². The van der Waals surface area contributed by atoms with E-state index in [0.29, 0.717) is 23.6 Å². The molecule has 168 valence electrons. The maximum absolute atomic E-state index is 13.0. The molecule has 0 radical (unpaired) electrons. The number of nitrogens with zero attached hydrogens (tertiary/aromatic N) is 1. The lowest BCUT2D eigenvalue weighted by Crippen LogP contribution is -2.48. The minimum absolute atomic E-state index is 0.248. The van der Waals surface area contributed by atoms with Gasteiger partial charge in [0.15, 0.2) is 0 Å². The topological polar surface area (TPSA) is 79.9 Å². The standard InChI is InChI=1S/C25H29N3O4/c1-3-32-24(29)22-20(16-28-15-7-10-21(28)17-8-5-4-6-9-17)26-25(30)27-23(22)18-11-13-19(31-2)14-12-18/h4-6,8-9,11-14,21,23H,3,7,10,15-16H2,1-2H3,(H2,26,27,30)/t21-,23+/m0/s1. The first-order valence-electron chi connectivity index (χ1n) is 11.0. The molecule has 0 aromatic heterocycles. The number of hydrogen-bond donors (Lipinski definition) is 2. The lowest BCUT2D eigenvalue weighted by atomic mass is 9.94. The third kappa shape index (κ3) is 4.62. The van der Waals surface area contributed by atoms with Crippen molar-refractivity contribution in [3.05, 3.63) is 77.0 Å². The summed E-state index contributed by atoms with van der Waals surface area (Å²) in [7, 11) is 1.60. The van der Waals surface area contributed by atoms with Crippen LogP contribution in [0.4, 0.5) is 4.79 Å². The molecule has 2 aliphatic heterocycles. The van der Waals surface area contributed by atoms with Crippen molar-refractivity contribution in [2.45, 2.75) is 31.8 Å². The summed E-state index contributed by atoms with van der Waals surface area (Å²) in [5.74, 6) is 0.282. The quantitative estimate of drug-likeness (QED) is 0.649. The minimum atomic E-state index is -0.596. The summed E-state index contributed by atoms with van der Waals surface area (Å²) in [6.45, 7) is 3.40. The second kappa shape index (κ2) is 9.87. The molecule has 0 aliphatic carbocycles. The van der Waals surface area contributed by atoms with E-state index in [-0.39, 0.29) is 18.7 Å². The van der Waals surface area contributed by atoms with E-state index in [1.54, 1.807) is 14.0 Å². The van der Waals surface area contributed by atoms with Crippen molar-refractivity contribution < 1.29 is 19.1 Å². The van der Waals surface area contributed by atoms with E-state index in [2.05, 4.69) is 27.7 Å². The molecule has 0 bridgehead atoms. The summed E-state index contributed by atoms with van der Waals surface area (Å²) in [5, 5.41) is 5.78. The molecule has 2 aromatic rings. The Labute approximate surface area is 188 Å². The van der Waals surface area contributed by atoms with Gasteiger partial charge in [0.25, 0.3) is 0 Å². The molecule has 0 spiro atoms. The molecule has 1 saturated heterocycles. The predicted molar refractivity (Wildman–Crippen MR) is 121 cm³/mol. The van der Waals surface area contributed by atoms with Gasteiger partial charge in [0.1, 0.15) is 5.75 Å². The highest BCUT2D eigenvalue weighted by Gasteiger charge is 2.36. The van der Waals surface area contributed by atoms with Crippen LogP contribution in [0.25, 0.3) is 0 Å². The summed E-state index contributed by atoms with van der Waals surface area (Å²) in [5.41, 5.74) is 3.07. The highest BCUT2D eigenvalue weighted by Crippen LogP contribution is 2.34. The molecule has 2 heterocycles. The van der Waals surface area contributed by atoms with Gasteiger partial charge in [-0.2, -0.15) is 0 Å². The second-order valence-corrected chi connectivity index (χ2v) is 7.96. The number of carbonyl (C=O) groups excluding carboxylic acids is 2. The van der Waals surface area contributed by atoms with Gasteiger partial charge in [0, 0.05) is 18.3 Å². The van der Waals surface area contributed by atoms with E-state index < -0.39 is 12.0 Å². The maximum Gasteiger partial charge on any atom is 0.338 e. The Morgan fingerprint density at radius 2 is 1.84 bits per heavy atom. The minimum Gasteiger partial charge on any atom is -0.497 e. The van der Waals surface area contributed by atoms with Gasteiger partial charge in [-0.25, -0.2) is 9.59 Å². The fourth-order valence-electron chi connectivity index (χ4n) is 4.51. The van der Waals surface area contributed by atoms with Crippen LogP contribution >= 0.6 is 0 Å². The van der Waals surface area contributed by atoms with Crippen molar-refractivity contribution in [3.63, 3.8) is 0 Å². The zero-order valence-corrected chi connectivity index (χ0v) is 18.5. The molecule has 0 saturated carbocycles. The Kier molecular flexibility index (Phi) is 6.75. The molecule has 0 unspecified atom stereocenters. The van der Waals surface area contributed by atoms with Gasteiger partial charge in [-0.15, -0.1) is 0 Å². The summed E-state index contributed by atoms with van der Waals surface area (Å²) < 4.78 is 10.6. The molecule has 32 heavy (non-hydrogen) atoms. The van der Waals surface area contributed by atoms with Crippen LogP contribution in [-0.4, -0.2) is 43.7 Å². The van der Waals surface area contributed by atoms with E-state index in [0.717, 1.165) is 24.9 Å². The Bertz CT molecular complexity index is 988. The van der Waals surface area contributed by atoms with E-state index in [1.807, 2.05) is 42.5 Å². The molecule has 2 aliphatic rings. The zero-order valence-electron chi connectivity index (χ0n) is 18.5. The Morgan fingerprint density at radius 1 is 1.09 bits per heavy atom. The van der Waals surface area contributed by atoms with Crippen molar-refractivity contribution in [1.29, 1.82) is 0 Å². The van der Waals surface area contributed by atoms with Gasteiger partial charge in [0.05, 0.1) is 25.3 Å². The van der Waals surface area contributed by atoms with Gasteiger partial charge in [-0.1, -0.05) is 42.5 Å². The summed E-state index contributed by atoms with van der Waals surface area (Å²) in [4.78, 5) is 27.9. The van der Waals surface area contributed by atoms with Crippen LogP contribution in [0.15, 0.2) is 65.9 Å². The number of esters is 1. The van der Waals surface area contributed by atoms with E-state index in [9.17, 15) is 9.59 Å². The van der Waals surface area contributed by atoms with Crippen LogP contribution in [0.2, 0.25) is 0 Å². The molecule has 7 heteroatoms. The van der Waals surface area contributed by atoms with Crippen LogP contribution in [0.3, 0.4) is 0 Å². The van der Waals surface area contributed by atoms with Gasteiger partial charge < -0.3 is 20.1 Å². The van der Waals surface area contributed by atoms with Crippen molar-refractivity contribution in [3.8, 4) is 5.75 Å². The Hall–Kier alpha value is -3.32. The van der Waals surface area contributed by atoms with Crippen molar-refractivity contribution >= 4 is 12.0 Å². The summed E-state index contributed by atoms with van der Waals surface area (Å²) >= 11 is 0. The molecule has 2 aromatic carbocycles. The zero-order chi connectivity index (χ0) is 22.5. The van der Waals surface area contributed by atoms with Crippen LogP contribution in [-0.2, 0) is 9.53 Å². The SMILES string of the molecule is CCOC(=O)C1=C(CN2CCC[C@H]2c2ccccc2)NC(=O)N[C@@H]1c1ccc(OC)cc1. The number of hydrogen-bond acceptors (Lipinski definition) is 5. The number of ether oxygens (including phenoxy) is 2. The fraction of sp³-hybridized carbons (Fsp3) is 0.360. The number of urea groups is 1. The first-order valence-corrected chi connectivity index (χ1v) is 11.0. The molecule has 2 N–H and O–H groups in total. The number of rotatable bonds is 7. The molecular formula is C25H29N3O4. The van der Waals surface area contributed by atoms with Crippen LogP contribution in [0.5, 0.6) is 5.75 Å². The van der Waals surface area contributed by atoms with E-state index >= 15 is 0 Å². The molecule has 1 fully saturated rings. The number of likely N-dealkylation sites (tertiary alicyclic amines) is 1. The third-order valence-electron chi connectivity index (χ3n) is 6.01. The van der Waals surface area contributed by atoms with Crippen LogP contribution in [0, 0.1) is 0 Å². The average Bonchev–Trinajstić information content (AvgIpc) is 3.27. The van der Waals surface area contributed by atoms with Crippen molar-refractivity contribution in [2.75, 3.05) is 26.8 Å². The van der Waals surface area contributed by atoms with E-state index in [4.69, 9.17) is 9.47 Å². The molecular weight excluding hydrogens is 406 g/mol. The van der Waals surface area contributed by atoms with Crippen molar-refractivity contribution in [2.24, 2.45) is 0 Å². The monoisotopic (exact) mass is 435 g/mol. The normalized spacial score (nSPS) is 21.1. The molecule has 2 amide bonds. The van der Waals surface area contributed by atoms with Gasteiger partial charge >= 0.3 is 12.0 Å². The molecule has 7 nitrogen and oxygen atoms in total. The van der Waals surface area contributed by atoms with Crippen molar-refractivity contribution in [1.82, 2.24) is 15.5 Å². The Morgan fingerprint density at radius 3 is 2.53 bits per heavy atom. The van der Waals surface area contributed by atoms with Gasteiger partial charge in [-0.3, -0.25) is 4.90 Å². The number of amides is 2. The first kappa shape index (κ1) is 21.9. The fourth-order valence-corrected chi connectivity index (χ4v) is 4.51. The van der Waals surface area contributed by atoms with Gasteiger partial charge in [0.2, 0.25) is 0 Å². The molecule has 2 atom stereocenters. The Balaban J connectivity index is 1.69. The largest absolute Gasteiger partial charge is 0.497 e. The van der Waals surface area contributed by atoms with E-state index in [1.165, 1.54) is 5.56 Å². The van der Waals surface area contributed by atoms with Crippen LogP contribution < -0.4 is 15.4 Å². The summed E-state index contributed by atoms with van der Waals surface area (Å²) in [6.07, 6.45) is 2.11. The number of nitrogens with one attached hydrogen (secondary N) is 2.